The SMILES string of the molecule is CC(C)(C)C(CN)CNC1CCC1. The van der Waals surface area contributed by atoms with E-state index in [4.69, 9.17) is 5.73 Å². The van der Waals surface area contributed by atoms with Gasteiger partial charge in [-0.25, -0.2) is 0 Å². The van der Waals surface area contributed by atoms with Gasteiger partial charge < -0.3 is 11.1 Å². The minimum Gasteiger partial charge on any atom is -0.330 e. The second-order valence-electron chi connectivity index (χ2n) is 5.33. The second kappa shape index (κ2) is 4.43. The minimum absolute atomic E-state index is 0.339. The summed E-state index contributed by atoms with van der Waals surface area (Å²) in [4.78, 5) is 0. The van der Waals surface area contributed by atoms with E-state index in [1.807, 2.05) is 0 Å². The van der Waals surface area contributed by atoms with Gasteiger partial charge in [0.05, 0.1) is 0 Å². The molecule has 2 heteroatoms. The Balaban J connectivity index is 2.22. The molecule has 0 aromatic carbocycles. The van der Waals surface area contributed by atoms with Crippen LogP contribution in [0.2, 0.25) is 0 Å². The van der Waals surface area contributed by atoms with Gasteiger partial charge in [-0.15, -0.1) is 0 Å². The highest BCUT2D eigenvalue weighted by molar-refractivity contribution is 4.81. The summed E-state index contributed by atoms with van der Waals surface area (Å²) in [5.41, 5.74) is 6.10. The summed E-state index contributed by atoms with van der Waals surface area (Å²) in [6, 6.07) is 0.788. The Morgan fingerprint density at radius 1 is 1.38 bits per heavy atom. The van der Waals surface area contributed by atoms with Gasteiger partial charge in [-0.1, -0.05) is 27.2 Å². The van der Waals surface area contributed by atoms with Crippen LogP contribution in [0, 0.1) is 11.3 Å². The predicted molar refractivity (Wildman–Crippen MR) is 57.6 cm³/mol. The first-order chi connectivity index (χ1) is 6.04. The van der Waals surface area contributed by atoms with E-state index in [0.29, 0.717) is 11.3 Å². The molecule has 0 aliphatic heterocycles. The fourth-order valence-electron chi connectivity index (χ4n) is 1.66. The van der Waals surface area contributed by atoms with Crippen molar-refractivity contribution in [2.75, 3.05) is 13.1 Å². The van der Waals surface area contributed by atoms with E-state index >= 15 is 0 Å². The zero-order valence-electron chi connectivity index (χ0n) is 9.27. The molecular weight excluding hydrogens is 160 g/mol. The zero-order valence-corrected chi connectivity index (χ0v) is 9.27. The number of rotatable bonds is 4. The lowest BCUT2D eigenvalue weighted by atomic mass is 9.80. The lowest BCUT2D eigenvalue weighted by molar-refractivity contribution is 0.216. The molecular formula is C11H24N2. The summed E-state index contributed by atoms with van der Waals surface area (Å²) >= 11 is 0. The second-order valence-corrected chi connectivity index (χ2v) is 5.33. The molecule has 0 saturated heterocycles. The van der Waals surface area contributed by atoms with Crippen molar-refractivity contribution in [1.29, 1.82) is 0 Å². The molecule has 1 atom stereocenters. The first-order valence-electron chi connectivity index (χ1n) is 5.47. The van der Waals surface area contributed by atoms with E-state index in [1.165, 1.54) is 19.3 Å². The molecule has 0 aromatic heterocycles. The summed E-state index contributed by atoms with van der Waals surface area (Å²) in [7, 11) is 0. The van der Waals surface area contributed by atoms with E-state index in [-0.39, 0.29) is 0 Å². The van der Waals surface area contributed by atoms with Crippen LogP contribution in [-0.4, -0.2) is 19.1 Å². The Morgan fingerprint density at radius 3 is 2.31 bits per heavy atom. The maximum Gasteiger partial charge on any atom is 0.00672 e. The van der Waals surface area contributed by atoms with Crippen molar-refractivity contribution < 1.29 is 0 Å². The van der Waals surface area contributed by atoms with Crippen LogP contribution in [0.15, 0.2) is 0 Å². The van der Waals surface area contributed by atoms with Crippen molar-refractivity contribution in [3.05, 3.63) is 0 Å². The third-order valence-electron chi connectivity index (χ3n) is 3.27. The van der Waals surface area contributed by atoms with Crippen LogP contribution in [0.5, 0.6) is 0 Å². The number of hydrogen-bond acceptors (Lipinski definition) is 2. The summed E-state index contributed by atoms with van der Waals surface area (Å²) in [6.07, 6.45) is 4.13. The summed E-state index contributed by atoms with van der Waals surface area (Å²) in [5, 5.41) is 3.60. The zero-order chi connectivity index (χ0) is 9.90. The van der Waals surface area contributed by atoms with E-state index in [9.17, 15) is 0 Å². The fraction of sp³-hybridized carbons (Fsp3) is 1.00. The highest BCUT2D eigenvalue weighted by Crippen LogP contribution is 2.25. The number of nitrogens with one attached hydrogen (secondary N) is 1. The monoisotopic (exact) mass is 184 g/mol. The van der Waals surface area contributed by atoms with Gasteiger partial charge in [-0.2, -0.15) is 0 Å². The van der Waals surface area contributed by atoms with Gasteiger partial charge in [0.1, 0.15) is 0 Å². The fourth-order valence-corrected chi connectivity index (χ4v) is 1.66. The Hall–Kier alpha value is -0.0800. The Morgan fingerprint density at radius 2 is 2.00 bits per heavy atom. The van der Waals surface area contributed by atoms with Crippen LogP contribution in [0.25, 0.3) is 0 Å². The third kappa shape index (κ3) is 3.28. The third-order valence-corrected chi connectivity index (χ3v) is 3.27. The average molecular weight is 184 g/mol. The van der Waals surface area contributed by atoms with Crippen molar-refractivity contribution >= 4 is 0 Å². The molecule has 2 nitrogen and oxygen atoms in total. The molecule has 1 fully saturated rings. The van der Waals surface area contributed by atoms with Crippen LogP contribution < -0.4 is 11.1 Å². The van der Waals surface area contributed by atoms with Gasteiger partial charge in [0, 0.05) is 6.04 Å². The molecule has 1 saturated carbocycles. The molecule has 3 N–H and O–H groups in total. The summed E-state index contributed by atoms with van der Waals surface area (Å²) in [5.74, 6) is 0.605. The first kappa shape index (κ1) is 11.0. The molecule has 1 aliphatic carbocycles. The molecule has 13 heavy (non-hydrogen) atoms. The maximum atomic E-state index is 5.76. The molecule has 0 spiro atoms. The summed E-state index contributed by atoms with van der Waals surface area (Å²) in [6.45, 7) is 8.70. The topological polar surface area (TPSA) is 38.0 Å². The highest BCUT2D eigenvalue weighted by Gasteiger charge is 2.25. The molecule has 0 aromatic rings. The Kier molecular flexibility index (Phi) is 3.74. The van der Waals surface area contributed by atoms with Gasteiger partial charge in [0.15, 0.2) is 0 Å². The van der Waals surface area contributed by atoms with Gasteiger partial charge in [-0.3, -0.25) is 0 Å². The molecule has 1 rings (SSSR count). The van der Waals surface area contributed by atoms with Crippen LogP contribution in [0.1, 0.15) is 40.0 Å². The molecule has 0 bridgehead atoms. The number of hydrogen-bond donors (Lipinski definition) is 2. The number of nitrogens with two attached hydrogens (primary N) is 1. The van der Waals surface area contributed by atoms with Crippen molar-refractivity contribution in [2.45, 2.75) is 46.1 Å². The van der Waals surface area contributed by atoms with Crippen molar-refractivity contribution in [3.8, 4) is 0 Å². The van der Waals surface area contributed by atoms with E-state index in [1.54, 1.807) is 0 Å². The van der Waals surface area contributed by atoms with Gasteiger partial charge in [0.25, 0.3) is 0 Å². The molecule has 0 amide bonds. The van der Waals surface area contributed by atoms with E-state index in [0.717, 1.165) is 19.1 Å². The van der Waals surface area contributed by atoms with Crippen molar-refractivity contribution in [3.63, 3.8) is 0 Å². The molecule has 1 aliphatic rings. The molecule has 0 radical (unpaired) electrons. The molecule has 78 valence electrons. The first-order valence-corrected chi connectivity index (χ1v) is 5.47. The standard InChI is InChI=1S/C11H24N2/c1-11(2,3)9(7-12)8-13-10-5-4-6-10/h9-10,13H,4-8,12H2,1-3H3. The van der Waals surface area contributed by atoms with E-state index < -0.39 is 0 Å². The van der Waals surface area contributed by atoms with E-state index in [2.05, 4.69) is 26.1 Å². The van der Waals surface area contributed by atoms with Crippen LogP contribution >= 0.6 is 0 Å². The van der Waals surface area contributed by atoms with Crippen LogP contribution in [-0.2, 0) is 0 Å². The van der Waals surface area contributed by atoms with Gasteiger partial charge in [-0.05, 0) is 37.3 Å². The molecule has 0 heterocycles. The Labute approximate surface area is 82.3 Å². The highest BCUT2D eigenvalue weighted by atomic mass is 14.9. The van der Waals surface area contributed by atoms with Gasteiger partial charge in [0.2, 0.25) is 0 Å². The van der Waals surface area contributed by atoms with Gasteiger partial charge >= 0.3 is 0 Å². The average Bonchev–Trinajstić information content (AvgIpc) is 1.91. The lowest BCUT2D eigenvalue weighted by Gasteiger charge is -2.34. The summed E-state index contributed by atoms with van der Waals surface area (Å²) < 4.78 is 0. The normalized spacial score (nSPS) is 21.2. The Bertz CT molecular complexity index is 145. The lowest BCUT2D eigenvalue weighted by Crippen LogP contribution is -2.43. The quantitative estimate of drug-likeness (QED) is 0.698. The largest absolute Gasteiger partial charge is 0.330 e. The maximum absolute atomic E-state index is 5.76. The molecule has 1 unspecified atom stereocenters. The minimum atomic E-state index is 0.339. The smallest absolute Gasteiger partial charge is 0.00672 e. The van der Waals surface area contributed by atoms with Crippen LogP contribution in [0.4, 0.5) is 0 Å². The van der Waals surface area contributed by atoms with Crippen molar-refractivity contribution in [1.82, 2.24) is 5.32 Å². The predicted octanol–water partition coefficient (Wildman–Crippen LogP) is 1.75. The van der Waals surface area contributed by atoms with Crippen LogP contribution in [0.3, 0.4) is 0 Å². The van der Waals surface area contributed by atoms with Crippen molar-refractivity contribution in [2.24, 2.45) is 17.1 Å².